The molecule has 4 fully saturated rings. The molecule has 0 aromatic carbocycles. The number of carbonyl (C=O) groups excluding carboxylic acids is 2. The molecule has 0 aliphatic heterocycles. The molecule has 0 heterocycles. The standard InChI is InChI=1S/C23H37NO4/c1-14(25)27-17-7-10-21(3)16(13-17)5-6-19-18(21)8-11-22(4)20(28-15(2)26)9-12-23(19,22)24/h16-20H,5-13,24H2,1-4H3/t16-,17+,18+,19-,20+,21+,22-,23+/m1/s1. The lowest BCUT2D eigenvalue weighted by Crippen LogP contribution is -2.67. The maximum atomic E-state index is 11.7. The summed E-state index contributed by atoms with van der Waals surface area (Å²) in [5.74, 6) is 1.40. The van der Waals surface area contributed by atoms with Gasteiger partial charge in [-0.2, -0.15) is 0 Å². The Kier molecular flexibility index (Phi) is 4.84. The monoisotopic (exact) mass is 391 g/mol. The van der Waals surface area contributed by atoms with Gasteiger partial charge in [-0.25, -0.2) is 0 Å². The fourth-order valence-corrected chi connectivity index (χ4v) is 7.97. The molecule has 0 unspecified atom stereocenters. The van der Waals surface area contributed by atoms with E-state index >= 15 is 0 Å². The second-order valence-corrected chi connectivity index (χ2v) is 10.6. The van der Waals surface area contributed by atoms with Crippen molar-refractivity contribution in [1.29, 1.82) is 0 Å². The molecule has 4 aliphatic rings. The number of rotatable bonds is 2. The first kappa shape index (κ1) is 20.2. The minimum atomic E-state index is -0.239. The number of hydrogen-bond donors (Lipinski definition) is 1. The number of fused-ring (bicyclic) bond motifs is 5. The van der Waals surface area contributed by atoms with Crippen LogP contribution in [0.5, 0.6) is 0 Å². The van der Waals surface area contributed by atoms with Crippen LogP contribution < -0.4 is 5.73 Å². The van der Waals surface area contributed by atoms with Crippen molar-refractivity contribution in [2.75, 3.05) is 0 Å². The fraction of sp³-hybridized carbons (Fsp3) is 0.913. The van der Waals surface area contributed by atoms with Gasteiger partial charge >= 0.3 is 11.9 Å². The summed E-state index contributed by atoms with van der Waals surface area (Å²) in [4.78, 5) is 23.1. The molecule has 0 spiro atoms. The zero-order chi connectivity index (χ0) is 20.3. The van der Waals surface area contributed by atoms with Gasteiger partial charge in [-0.05, 0) is 81.0 Å². The predicted molar refractivity (Wildman–Crippen MR) is 106 cm³/mol. The summed E-state index contributed by atoms with van der Waals surface area (Å²) >= 11 is 0. The summed E-state index contributed by atoms with van der Waals surface area (Å²) in [6, 6.07) is 0. The van der Waals surface area contributed by atoms with Crippen LogP contribution in [0.25, 0.3) is 0 Å². The second-order valence-electron chi connectivity index (χ2n) is 10.6. The molecule has 4 aliphatic carbocycles. The van der Waals surface area contributed by atoms with Crippen LogP contribution in [0.3, 0.4) is 0 Å². The molecule has 2 N–H and O–H groups in total. The smallest absolute Gasteiger partial charge is 0.302 e. The third-order valence-electron chi connectivity index (χ3n) is 9.52. The Morgan fingerprint density at radius 2 is 1.57 bits per heavy atom. The van der Waals surface area contributed by atoms with E-state index in [0.29, 0.717) is 17.8 Å². The van der Waals surface area contributed by atoms with E-state index < -0.39 is 0 Å². The summed E-state index contributed by atoms with van der Waals surface area (Å²) in [6.45, 7) is 7.78. The van der Waals surface area contributed by atoms with Crippen molar-refractivity contribution in [3.63, 3.8) is 0 Å². The Balaban J connectivity index is 1.56. The van der Waals surface area contributed by atoms with Gasteiger partial charge in [-0.1, -0.05) is 13.8 Å². The Hall–Kier alpha value is -1.10. The van der Waals surface area contributed by atoms with Crippen LogP contribution in [0, 0.1) is 28.6 Å². The Labute approximate surface area is 169 Å². The van der Waals surface area contributed by atoms with Crippen LogP contribution in [0.2, 0.25) is 0 Å². The molecule has 4 saturated carbocycles. The maximum absolute atomic E-state index is 11.7. The van der Waals surface area contributed by atoms with Gasteiger partial charge in [0.15, 0.2) is 0 Å². The van der Waals surface area contributed by atoms with Crippen molar-refractivity contribution < 1.29 is 19.1 Å². The molecule has 0 amide bonds. The Morgan fingerprint density at radius 3 is 2.25 bits per heavy atom. The lowest BCUT2D eigenvalue weighted by molar-refractivity contribution is -0.171. The molecule has 158 valence electrons. The van der Waals surface area contributed by atoms with Gasteiger partial charge in [0.05, 0.1) is 0 Å². The number of ether oxygens (including phenoxy) is 2. The first-order valence-electron chi connectivity index (χ1n) is 11.2. The van der Waals surface area contributed by atoms with E-state index in [2.05, 4.69) is 13.8 Å². The lowest BCUT2D eigenvalue weighted by atomic mass is 9.43. The third-order valence-corrected chi connectivity index (χ3v) is 9.52. The number of hydrogen-bond acceptors (Lipinski definition) is 5. The number of carbonyl (C=O) groups is 2. The van der Waals surface area contributed by atoms with Gasteiger partial charge in [0.1, 0.15) is 12.2 Å². The van der Waals surface area contributed by atoms with E-state index in [1.165, 1.54) is 26.7 Å². The molecule has 0 radical (unpaired) electrons. The van der Waals surface area contributed by atoms with Crippen molar-refractivity contribution >= 4 is 11.9 Å². The van der Waals surface area contributed by atoms with E-state index in [1.807, 2.05) is 0 Å². The van der Waals surface area contributed by atoms with Crippen molar-refractivity contribution in [2.45, 2.75) is 103 Å². The Bertz CT molecular complexity index is 665. The highest BCUT2D eigenvalue weighted by Gasteiger charge is 2.67. The SMILES string of the molecule is CC(=O)O[C@H]1CC[C@@]2(C)[C@H](CC[C@@H]3[C@@H]2CC[C@]2(C)[C@@H](OC(C)=O)CC[C@]32N)C1. The summed E-state index contributed by atoms with van der Waals surface area (Å²) in [5.41, 5.74) is 7.16. The number of nitrogens with two attached hydrogens (primary N) is 1. The topological polar surface area (TPSA) is 78.6 Å². The Morgan fingerprint density at radius 1 is 0.857 bits per heavy atom. The maximum Gasteiger partial charge on any atom is 0.302 e. The van der Waals surface area contributed by atoms with Crippen LogP contribution >= 0.6 is 0 Å². The van der Waals surface area contributed by atoms with Gasteiger partial charge in [0.25, 0.3) is 0 Å². The molecule has 0 saturated heterocycles. The normalized spacial score (nSPS) is 50.1. The molecule has 0 aromatic rings. The van der Waals surface area contributed by atoms with Crippen LogP contribution in [-0.4, -0.2) is 29.7 Å². The molecule has 4 rings (SSSR count). The molecule has 28 heavy (non-hydrogen) atoms. The van der Waals surface area contributed by atoms with Crippen LogP contribution in [0.1, 0.15) is 85.5 Å². The van der Waals surface area contributed by atoms with Gasteiger partial charge in [0, 0.05) is 24.8 Å². The highest BCUT2D eigenvalue weighted by molar-refractivity contribution is 5.66. The second kappa shape index (κ2) is 6.72. The lowest BCUT2D eigenvalue weighted by Gasteiger charge is -2.64. The van der Waals surface area contributed by atoms with Crippen LogP contribution in [-0.2, 0) is 19.1 Å². The zero-order valence-electron chi connectivity index (χ0n) is 18.0. The summed E-state index contributed by atoms with van der Waals surface area (Å²) < 4.78 is 11.3. The van der Waals surface area contributed by atoms with Gasteiger partial charge < -0.3 is 15.2 Å². The molecule has 5 nitrogen and oxygen atoms in total. The van der Waals surface area contributed by atoms with Gasteiger partial charge in [0.2, 0.25) is 0 Å². The van der Waals surface area contributed by atoms with Crippen molar-refractivity contribution in [3.05, 3.63) is 0 Å². The summed E-state index contributed by atoms with van der Waals surface area (Å²) in [5, 5.41) is 0. The third kappa shape index (κ3) is 2.83. The molecule has 0 aromatic heterocycles. The number of esters is 2. The van der Waals surface area contributed by atoms with Crippen LogP contribution in [0.15, 0.2) is 0 Å². The highest BCUT2D eigenvalue weighted by Crippen LogP contribution is 2.67. The molecular formula is C23H37NO4. The quantitative estimate of drug-likeness (QED) is 0.721. The largest absolute Gasteiger partial charge is 0.463 e. The first-order valence-corrected chi connectivity index (χ1v) is 11.2. The van der Waals surface area contributed by atoms with Gasteiger partial charge in [-0.3, -0.25) is 9.59 Å². The summed E-state index contributed by atoms with van der Waals surface area (Å²) in [7, 11) is 0. The zero-order valence-corrected chi connectivity index (χ0v) is 18.0. The predicted octanol–water partition coefficient (Wildman–Crippen LogP) is 3.97. The van der Waals surface area contributed by atoms with Crippen molar-refractivity contribution in [1.82, 2.24) is 0 Å². The molecular weight excluding hydrogens is 354 g/mol. The minimum Gasteiger partial charge on any atom is -0.463 e. The van der Waals surface area contributed by atoms with E-state index in [4.69, 9.17) is 15.2 Å². The van der Waals surface area contributed by atoms with Crippen LogP contribution in [0.4, 0.5) is 0 Å². The van der Waals surface area contributed by atoms with E-state index in [-0.39, 0.29) is 40.5 Å². The molecule has 5 heteroatoms. The average molecular weight is 392 g/mol. The van der Waals surface area contributed by atoms with E-state index in [9.17, 15) is 9.59 Å². The molecule has 0 bridgehead atoms. The highest BCUT2D eigenvalue weighted by atomic mass is 16.5. The van der Waals surface area contributed by atoms with Gasteiger partial charge in [-0.15, -0.1) is 0 Å². The summed E-state index contributed by atoms with van der Waals surface area (Å²) in [6.07, 6.45) is 9.53. The van der Waals surface area contributed by atoms with Crippen molar-refractivity contribution in [3.8, 4) is 0 Å². The van der Waals surface area contributed by atoms with E-state index in [0.717, 1.165) is 44.9 Å². The molecule has 8 atom stereocenters. The fourth-order valence-electron chi connectivity index (χ4n) is 7.97. The average Bonchev–Trinajstić information content (AvgIpc) is 2.86. The van der Waals surface area contributed by atoms with Crippen molar-refractivity contribution in [2.24, 2.45) is 34.3 Å². The van der Waals surface area contributed by atoms with E-state index in [1.54, 1.807) is 0 Å². The minimum absolute atomic E-state index is 0.0406. The first-order chi connectivity index (χ1) is 13.1.